The molecule has 4 heteroatoms. The normalized spacial score (nSPS) is 10.4. The molecule has 18 heavy (non-hydrogen) atoms. The summed E-state index contributed by atoms with van der Waals surface area (Å²) in [5.41, 5.74) is 7.54. The highest BCUT2D eigenvalue weighted by Gasteiger charge is 2.10. The van der Waals surface area contributed by atoms with Crippen molar-refractivity contribution in [3.05, 3.63) is 57.6 Å². The Kier molecular flexibility index (Phi) is 4.12. The summed E-state index contributed by atoms with van der Waals surface area (Å²) in [6.45, 7) is 2.39. The molecule has 0 atom stereocenters. The quantitative estimate of drug-likeness (QED) is 0.896. The fraction of sp³-hybridized carbons (Fsp3) is 0.143. The standard InChI is InChI=1S/C14H13Cl2NO/c1-9-3-2-4-11(5-9)18-14-12(15)6-10(8-17)7-13(14)16/h2-7H,8,17H2,1H3. The van der Waals surface area contributed by atoms with Gasteiger partial charge in [0.25, 0.3) is 0 Å². The molecule has 0 aliphatic rings. The molecule has 0 saturated heterocycles. The molecule has 2 N–H and O–H groups in total. The van der Waals surface area contributed by atoms with Crippen LogP contribution in [-0.4, -0.2) is 0 Å². The molecule has 2 aromatic rings. The van der Waals surface area contributed by atoms with E-state index in [1.165, 1.54) is 0 Å². The van der Waals surface area contributed by atoms with Crippen molar-refractivity contribution in [1.82, 2.24) is 0 Å². The van der Waals surface area contributed by atoms with Crippen LogP contribution in [0.2, 0.25) is 10.0 Å². The van der Waals surface area contributed by atoms with E-state index in [1.807, 2.05) is 31.2 Å². The van der Waals surface area contributed by atoms with Crippen LogP contribution in [0.5, 0.6) is 11.5 Å². The smallest absolute Gasteiger partial charge is 0.164 e. The van der Waals surface area contributed by atoms with Gasteiger partial charge in [0.1, 0.15) is 5.75 Å². The molecule has 0 saturated carbocycles. The molecular formula is C14H13Cl2NO. The van der Waals surface area contributed by atoms with E-state index in [2.05, 4.69) is 0 Å². The molecule has 0 aliphatic carbocycles. The molecule has 94 valence electrons. The molecule has 2 aromatic carbocycles. The third-order valence-electron chi connectivity index (χ3n) is 2.50. The first kappa shape index (κ1) is 13.2. The maximum Gasteiger partial charge on any atom is 0.164 e. The maximum atomic E-state index is 6.14. The lowest BCUT2D eigenvalue weighted by atomic mass is 10.2. The minimum atomic E-state index is 0.393. The zero-order valence-corrected chi connectivity index (χ0v) is 11.4. The van der Waals surface area contributed by atoms with Crippen LogP contribution >= 0.6 is 23.2 Å². The lowest BCUT2D eigenvalue weighted by Crippen LogP contribution is -1.97. The van der Waals surface area contributed by atoms with Gasteiger partial charge in [0.15, 0.2) is 5.75 Å². The molecule has 0 spiro atoms. The summed E-state index contributed by atoms with van der Waals surface area (Å²) in [4.78, 5) is 0. The number of nitrogens with two attached hydrogens (primary N) is 1. The number of benzene rings is 2. The van der Waals surface area contributed by atoms with Gasteiger partial charge in [-0.05, 0) is 42.3 Å². The number of hydrogen-bond acceptors (Lipinski definition) is 2. The van der Waals surface area contributed by atoms with Crippen molar-refractivity contribution in [3.8, 4) is 11.5 Å². The van der Waals surface area contributed by atoms with Crippen LogP contribution in [0.25, 0.3) is 0 Å². The summed E-state index contributed by atoms with van der Waals surface area (Å²) in [5.74, 6) is 1.17. The predicted molar refractivity (Wildman–Crippen MR) is 75.6 cm³/mol. The summed E-state index contributed by atoms with van der Waals surface area (Å²) in [7, 11) is 0. The molecule has 0 aromatic heterocycles. The van der Waals surface area contributed by atoms with E-state index >= 15 is 0 Å². The van der Waals surface area contributed by atoms with E-state index in [1.54, 1.807) is 12.1 Å². The van der Waals surface area contributed by atoms with Crippen LogP contribution in [0.4, 0.5) is 0 Å². The molecule has 2 rings (SSSR count). The van der Waals surface area contributed by atoms with E-state index in [-0.39, 0.29) is 0 Å². The predicted octanol–water partition coefficient (Wildman–Crippen LogP) is 4.55. The van der Waals surface area contributed by atoms with Gasteiger partial charge in [-0.1, -0.05) is 35.3 Å². The third-order valence-corrected chi connectivity index (χ3v) is 3.06. The van der Waals surface area contributed by atoms with Gasteiger partial charge < -0.3 is 10.5 Å². The molecule has 0 aliphatic heterocycles. The molecule has 2 nitrogen and oxygen atoms in total. The lowest BCUT2D eigenvalue weighted by Gasteiger charge is -2.11. The van der Waals surface area contributed by atoms with Crippen molar-refractivity contribution in [3.63, 3.8) is 0 Å². The average Bonchev–Trinajstić information content (AvgIpc) is 2.33. The van der Waals surface area contributed by atoms with Gasteiger partial charge in [0.05, 0.1) is 10.0 Å². The summed E-state index contributed by atoms with van der Waals surface area (Å²) >= 11 is 12.3. The van der Waals surface area contributed by atoms with Gasteiger partial charge in [-0.2, -0.15) is 0 Å². The van der Waals surface area contributed by atoms with Gasteiger partial charge in [-0.25, -0.2) is 0 Å². The molecule has 0 radical (unpaired) electrons. The molecule has 0 fully saturated rings. The van der Waals surface area contributed by atoms with E-state index < -0.39 is 0 Å². The Morgan fingerprint density at radius 2 is 1.78 bits per heavy atom. The third kappa shape index (κ3) is 2.96. The van der Waals surface area contributed by atoms with Gasteiger partial charge in [0, 0.05) is 6.54 Å². The maximum absolute atomic E-state index is 6.14. The van der Waals surface area contributed by atoms with E-state index in [9.17, 15) is 0 Å². The SMILES string of the molecule is Cc1cccc(Oc2c(Cl)cc(CN)cc2Cl)c1. The Balaban J connectivity index is 2.35. The minimum Gasteiger partial charge on any atom is -0.454 e. The highest BCUT2D eigenvalue weighted by Crippen LogP contribution is 2.37. The van der Waals surface area contributed by atoms with Gasteiger partial charge in [-0.15, -0.1) is 0 Å². The highest BCUT2D eigenvalue weighted by molar-refractivity contribution is 6.37. The van der Waals surface area contributed by atoms with Crippen LogP contribution in [0.3, 0.4) is 0 Å². The number of aryl methyl sites for hydroxylation is 1. The van der Waals surface area contributed by atoms with Crippen LogP contribution < -0.4 is 10.5 Å². The average molecular weight is 282 g/mol. The zero-order chi connectivity index (χ0) is 13.1. The van der Waals surface area contributed by atoms with Gasteiger partial charge >= 0.3 is 0 Å². The number of hydrogen-bond donors (Lipinski definition) is 1. The highest BCUT2D eigenvalue weighted by atomic mass is 35.5. The monoisotopic (exact) mass is 281 g/mol. The van der Waals surface area contributed by atoms with E-state index in [4.69, 9.17) is 33.7 Å². The van der Waals surface area contributed by atoms with Gasteiger partial charge in [0.2, 0.25) is 0 Å². The first-order chi connectivity index (χ1) is 8.60. The summed E-state index contributed by atoms with van der Waals surface area (Å²) in [5, 5.41) is 0.925. The molecule has 0 heterocycles. The minimum absolute atomic E-state index is 0.393. The largest absolute Gasteiger partial charge is 0.454 e. The Hall–Kier alpha value is -1.22. The van der Waals surface area contributed by atoms with Crippen molar-refractivity contribution in [2.45, 2.75) is 13.5 Å². The lowest BCUT2D eigenvalue weighted by molar-refractivity contribution is 0.482. The van der Waals surface area contributed by atoms with Crippen molar-refractivity contribution in [2.75, 3.05) is 0 Å². The van der Waals surface area contributed by atoms with Crippen molar-refractivity contribution < 1.29 is 4.74 Å². The summed E-state index contributed by atoms with van der Waals surface area (Å²) in [6, 6.07) is 11.2. The zero-order valence-electron chi connectivity index (χ0n) is 9.91. The molecular weight excluding hydrogens is 269 g/mol. The van der Waals surface area contributed by atoms with Crippen LogP contribution in [0.1, 0.15) is 11.1 Å². The van der Waals surface area contributed by atoms with Crippen molar-refractivity contribution in [2.24, 2.45) is 5.73 Å². The Bertz CT molecular complexity index is 546. The molecule has 0 amide bonds. The topological polar surface area (TPSA) is 35.2 Å². The number of halogens is 2. The van der Waals surface area contributed by atoms with Crippen molar-refractivity contribution >= 4 is 23.2 Å². The van der Waals surface area contributed by atoms with E-state index in [0.29, 0.717) is 28.1 Å². The second-order valence-electron chi connectivity index (χ2n) is 4.01. The second-order valence-corrected chi connectivity index (χ2v) is 4.83. The Labute approximate surface area is 116 Å². The Morgan fingerprint density at radius 1 is 1.11 bits per heavy atom. The van der Waals surface area contributed by atoms with Crippen LogP contribution in [-0.2, 0) is 6.54 Å². The first-order valence-corrected chi connectivity index (χ1v) is 6.28. The first-order valence-electron chi connectivity index (χ1n) is 5.52. The fourth-order valence-corrected chi connectivity index (χ4v) is 2.23. The second kappa shape index (κ2) is 5.61. The summed E-state index contributed by atoms with van der Waals surface area (Å²) < 4.78 is 5.72. The van der Waals surface area contributed by atoms with Crippen LogP contribution in [0.15, 0.2) is 36.4 Å². The fourth-order valence-electron chi connectivity index (χ4n) is 1.62. The van der Waals surface area contributed by atoms with Crippen LogP contribution in [0, 0.1) is 6.92 Å². The summed E-state index contributed by atoms with van der Waals surface area (Å²) in [6.07, 6.45) is 0. The Morgan fingerprint density at radius 3 is 2.33 bits per heavy atom. The van der Waals surface area contributed by atoms with Crippen molar-refractivity contribution in [1.29, 1.82) is 0 Å². The number of rotatable bonds is 3. The number of ether oxygens (including phenoxy) is 1. The molecule has 0 bridgehead atoms. The molecule has 0 unspecified atom stereocenters. The van der Waals surface area contributed by atoms with Gasteiger partial charge in [-0.3, -0.25) is 0 Å². The van der Waals surface area contributed by atoms with E-state index in [0.717, 1.165) is 11.1 Å².